The van der Waals surface area contributed by atoms with Crippen LogP contribution in [-0.4, -0.2) is 13.2 Å². The number of rotatable bonds is 8. The molecule has 0 amide bonds. The summed E-state index contributed by atoms with van der Waals surface area (Å²) in [5.41, 5.74) is 2.52. The summed E-state index contributed by atoms with van der Waals surface area (Å²) in [5.74, 6) is 4.17. The van der Waals surface area contributed by atoms with Crippen LogP contribution in [0.2, 0.25) is 0 Å². The third-order valence-corrected chi connectivity index (χ3v) is 8.18. The summed E-state index contributed by atoms with van der Waals surface area (Å²) in [5, 5.41) is 3.87. The van der Waals surface area contributed by atoms with Crippen molar-refractivity contribution >= 4 is 0 Å². The average Bonchev–Trinajstić information content (AvgIpc) is 2.76. The summed E-state index contributed by atoms with van der Waals surface area (Å²) in [6.45, 7) is 3.55. The molecule has 0 radical (unpaired) electrons. The van der Waals surface area contributed by atoms with Crippen LogP contribution in [0.3, 0.4) is 0 Å². The first kappa shape index (κ1) is 20.8. The zero-order valence-electron chi connectivity index (χ0n) is 18.7. The topological polar surface area (TPSA) is 30.5 Å². The molecule has 4 heteroatoms. The zero-order chi connectivity index (χ0) is 21.4. The number of hydrogen-bond acceptors (Lipinski definition) is 3. The largest absolute Gasteiger partial charge is 0.493 e. The number of para-hydroxylation sites is 1. The van der Waals surface area contributed by atoms with Gasteiger partial charge in [0, 0.05) is 18.2 Å². The minimum Gasteiger partial charge on any atom is -0.493 e. The van der Waals surface area contributed by atoms with Gasteiger partial charge in [-0.15, -0.1) is 0 Å². The van der Waals surface area contributed by atoms with Crippen molar-refractivity contribution in [1.82, 2.24) is 5.32 Å². The van der Waals surface area contributed by atoms with Crippen molar-refractivity contribution in [3.8, 4) is 11.5 Å². The Labute approximate surface area is 185 Å². The zero-order valence-corrected chi connectivity index (χ0v) is 18.7. The van der Waals surface area contributed by atoms with E-state index in [9.17, 15) is 4.39 Å². The fourth-order valence-electron chi connectivity index (χ4n) is 6.95. The van der Waals surface area contributed by atoms with Crippen molar-refractivity contribution in [3.05, 3.63) is 59.4 Å². The van der Waals surface area contributed by atoms with Gasteiger partial charge in [0.15, 0.2) is 11.5 Å². The predicted molar refractivity (Wildman–Crippen MR) is 121 cm³/mol. The first-order valence-corrected chi connectivity index (χ1v) is 11.8. The minimum atomic E-state index is -0.232. The molecule has 31 heavy (non-hydrogen) atoms. The number of benzene rings is 2. The van der Waals surface area contributed by atoms with Crippen molar-refractivity contribution in [1.29, 1.82) is 0 Å². The van der Waals surface area contributed by atoms with Crippen LogP contribution in [0.4, 0.5) is 4.39 Å². The number of hydrogen-bond donors (Lipinski definition) is 1. The van der Waals surface area contributed by atoms with Gasteiger partial charge in [-0.1, -0.05) is 24.3 Å². The maximum Gasteiger partial charge on any atom is 0.166 e. The van der Waals surface area contributed by atoms with E-state index in [0.717, 1.165) is 46.9 Å². The molecule has 0 aromatic heterocycles. The molecule has 2 aromatic carbocycles. The van der Waals surface area contributed by atoms with Gasteiger partial charge in [0.2, 0.25) is 0 Å². The second-order valence-electron chi connectivity index (χ2n) is 10.2. The lowest BCUT2D eigenvalue weighted by molar-refractivity contribution is -0.0706. The van der Waals surface area contributed by atoms with Gasteiger partial charge in [-0.25, -0.2) is 4.39 Å². The molecule has 6 rings (SSSR count). The standard InChI is InChI=1S/C27H34FNO2/c1-18(27-13-20-10-21(14-27)12-22(11-20)15-27)29-16-23-4-3-5-25(30-2)26(23)31-17-19-6-8-24(28)9-7-19/h3-9,18,20-22,29H,10-17H2,1-2H3/t18-,20?,21?,22?,27?/m0/s1. The molecule has 2 aromatic rings. The number of nitrogens with one attached hydrogen (secondary N) is 1. The third kappa shape index (κ3) is 4.19. The normalized spacial score (nSPS) is 29.7. The lowest BCUT2D eigenvalue weighted by Gasteiger charge is -2.59. The molecular weight excluding hydrogens is 389 g/mol. The molecule has 1 N–H and O–H groups in total. The van der Waals surface area contributed by atoms with Crippen LogP contribution in [0.5, 0.6) is 11.5 Å². The molecule has 0 unspecified atom stereocenters. The van der Waals surface area contributed by atoms with Gasteiger partial charge in [0.25, 0.3) is 0 Å². The predicted octanol–water partition coefficient (Wildman–Crippen LogP) is 6.11. The van der Waals surface area contributed by atoms with E-state index in [0.29, 0.717) is 18.1 Å². The van der Waals surface area contributed by atoms with E-state index >= 15 is 0 Å². The number of methoxy groups -OCH3 is 1. The van der Waals surface area contributed by atoms with E-state index in [-0.39, 0.29) is 5.82 Å². The summed E-state index contributed by atoms with van der Waals surface area (Å²) < 4.78 is 25.0. The Hall–Kier alpha value is -2.07. The summed E-state index contributed by atoms with van der Waals surface area (Å²) in [7, 11) is 1.68. The quantitative estimate of drug-likeness (QED) is 0.556. The van der Waals surface area contributed by atoms with Gasteiger partial charge in [-0.3, -0.25) is 0 Å². The highest BCUT2D eigenvalue weighted by Crippen LogP contribution is 2.61. The van der Waals surface area contributed by atoms with Crippen LogP contribution in [-0.2, 0) is 13.2 Å². The van der Waals surface area contributed by atoms with E-state index in [1.165, 1.54) is 50.7 Å². The second-order valence-corrected chi connectivity index (χ2v) is 10.2. The molecule has 1 atom stereocenters. The molecular formula is C27H34FNO2. The van der Waals surface area contributed by atoms with E-state index in [1.807, 2.05) is 12.1 Å². The molecule has 0 saturated heterocycles. The van der Waals surface area contributed by atoms with E-state index < -0.39 is 0 Å². The summed E-state index contributed by atoms with van der Waals surface area (Å²) in [6.07, 6.45) is 8.63. The summed E-state index contributed by atoms with van der Waals surface area (Å²) >= 11 is 0. The van der Waals surface area contributed by atoms with Gasteiger partial charge in [-0.05, 0) is 92.4 Å². The van der Waals surface area contributed by atoms with Crippen molar-refractivity contribution in [2.24, 2.45) is 23.2 Å². The first-order chi connectivity index (χ1) is 15.0. The van der Waals surface area contributed by atoms with Crippen LogP contribution in [0.1, 0.15) is 56.6 Å². The van der Waals surface area contributed by atoms with Crippen LogP contribution < -0.4 is 14.8 Å². The summed E-state index contributed by atoms with van der Waals surface area (Å²) in [6, 6.07) is 13.0. The first-order valence-electron chi connectivity index (χ1n) is 11.8. The SMILES string of the molecule is COc1cccc(CN[C@@H](C)C23CC4CC(CC(C4)C2)C3)c1OCc1ccc(F)cc1. The van der Waals surface area contributed by atoms with E-state index in [1.54, 1.807) is 19.2 Å². The Morgan fingerprint density at radius 3 is 2.26 bits per heavy atom. The molecule has 0 spiro atoms. The minimum absolute atomic E-state index is 0.232. The fraction of sp³-hybridized carbons (Fsp3) is 0.556. The molecule has 4 aliphatic carbocycles. The number of halogens is 1. The highest BCUT2D eigenvalue weighted by molar-refractivity contribution is 5.46. The molecule has 4 saturated carbocycles. The molecule has 4 bridgehead atoms. The summed E-state index contributed by atoms with van der Waals surface area (Å²) in [4.78, 5) is 0. The van der Waals surface area contributed by atoms with Crippen LogP contribution in [0, 0.1) is 29.0 Å². The smallest absolute Gasteiger partial charge is 0.166 e. The van der Waals surface area contributed by atoms with Crippen molar-refractivity contribution in [2.45, 2.75) is 64.6 Å². The highest BCUT2D eigenvalue weighted by atomic mass is 19.1. The van der Waals surface area contributed by atoms with E-state index in [2.05, 4.69) is 18.3 Å². The molecule has 0 aliphatic heterocycles. The maximum atomic E-state index is 13.2. The van der Waals surface area contributed by atoms with E-state index in [4.69, 9.17) is 9.47 Å². The highest BCUT2D eigenvalue weighted by Gasteiger charge is 2.52. The Bertz CT molecular complexity index is 875. The van der Waals surface area contributed by atoms with Crippen molar-refractivity contribution in [3.63, 3.8) is 0 Å². The van der Waals surface area contributed by atoms with Crippen LogP contribution in [0.15, 0.2) is 42.5 Å². The fourth-order valence-corrected chi connectivity index (χ4v) is 6.95. The molecule has 4 fully saturated rings. The Morgan fingerprint density at radius 2 is 1.65 bits per heavy atom. The van der Waals surface area contributed by atoms with Gasteiger partial charge in [0.1, 0.15) is 12.4 Å². The molecule has 166 valence electrons. The lowest BCUT2D eigenvalue weighted by atomic mass is 9.48. The lowest BCUT2D eigenvalue weighted by Crippen LogP contribution is -2.54. The second kappa shape index (κ2) is 8.46. The monoisotopic (exact) mass is 423 g/mol. The Morgan fingerprint density at radius 1 is 1.00 bits per heavy atom. The van der Waals surface area contributed by atoms with Crippen molar-refractivity contribution in [2.75, 3.05) is 7.11 Å². The van der Waals surface area contributed by atoms with Gasteiger partial charge >= 0.3 is 0 Å². The molecule has 3 nitrogen and oxygen atoms in total. The van der Waals surface area contributed by atoms with Crippen LogP contribution >= 0.6 is 0 Å². The van der Waals surface area contributed by atoms with Crippen LogP contribution in [0.25, 0.3) is 0 Å². The third-order valence-electron chi connectivity index (χ3n) is 8.18. The van der Waals surface area contributed by atoms with Crippen molar-refractivity contribution < 1.29 is 13.9 Å². The number of ether oxygens (including phenoxy) is 2. The average molecular weight is 424 g/mol. The Kier molecular flexibility index (Phi) is 5.68. The van der Waals surface area contributed by atoms with Gasteiger partial charge in [-0.2, -0.15) is 0 Å². The maximum absolute atomic E-state index is 13.2. The molecule has 4 aliphatic rings. The molecule has 0 heterocycles. The Balaban J connectivity index is 1.28. The van der Waals surface area contributed by atoms with Gasteiger partial charge < -0.3 is 14.8 Å². The van der Waals surface area contributed by atoms with Gasteiger partial charge in [0.05, 0.1) is 7.11 Å².